The molecule has 80 valence electrons. The van der Waals surface area contributed by atoms with Crippen LogP contribution < -0.4 is 0 Å². The molecule has 2 saturated heterocycles. The molecule has 0 saturated carbocycles. The van der Waals surface area contributed by atoms with Crippen LogP contribution in [0.2, 0.25) is 0 Å². The van der Waals surface area contributed by atoms with E-state index in [0.717, 1.165) is 0 Å². The van der Waals surface area contributed by atoms with E-state index in [2.05, 4.69) is 6.58 Å². The summed E-state index contributed by atoms with van der Waals surface area (Å²) in [6, 6.07) is 0. The molecule has 2 aliphatic heterocycles. The normalized spacial score (nSPS) is 45.1. The van der Waals surface area contributed by atoms with Crippen molar-refractivity contribution in [1.29, 1.82) is 0 Å². The third kappa shape index (κ3) is 1.70. The number of aliphatic hydroxyl groups is 1. The Morgan fingerprint density at radius 1 is 1.36 bits per heavy atom. The smallest absolute Gasteiger partial charge is 0.164 e. The lowest BCUT2D eigenvalue weighted by molar-refractivity contribution is -0.144. The van der Waals surface area contributed by atoms with Gasteiger partial charge >= 0.3 is 0 Å². The van der Waals surface area contributed by atoms with Crippen LogP contribution in [0.4, 0.5) is 0 Å². The van der Waals surface area contributed by atoms with Crippen molar-refractivity contribution in [2.45, 2.75) is 44.1 Å². The Morgan fingerprint density at radius 2 is 2.07 bits per heavy atom. The molecule has 2 rings (SSSR count). The number of ether oxygens (including phenoxy) is 3. The number of hydrogen-bond acceptors (Lipinski definition) is 4. The zero-order valence-corrected chi connectivity index (χ0v) is 8.47. The predicted molar refractivity (Wildman–Crippen MR) is 49.8 cm³/mol. The first-order valence-electron chi connectivity index (χ1n) is 4.82. The number of rotatable bonds is 3. The molecule has 0 aromatic rings. The second-order valence-electron chi connectivity index (χ2n) is 4.12. The largest absolute Gasteiger partial charge is 0.394 e. The Labute approximate surface area is 83.5 Å². The molecule has 0 bridgehead atoms. The Balaban J connectivity index is 2.01. The van der Waals surface area contributed by atoms with Gasteiger partial charge in [-0.2, -0.15) is 0 Å². The first-order chi connectivity index (χ1) is 6.57. The molecule has 2 fully saturated rings. The number of epoxide rings is 1. The molecule has 2 heterocycles. The van der Waals surface area contributed by atoms with Crippen LogP contribution in [0.3, 0.4) is 0 Å². The lowest BCUT2D eigenvalue weighted by Gasteiger charge is -2.16. The third-order valence-electron chi connectivity index (χ3n) is 2.52. The van der Waals surface area contributed by atoms with Crippen molar-refractivity contribution in [3.63, 3.8) is 0 Å². The summed E-state index contributed by atoms with van der Waals surface area (Å²) in [4.78, 5) is 0. The first kappa shape index (κ1) is 10.1. The molecule has 0 aromatic heterocycles. The number of aliphatic hydroxyl groups excluding tert-OH is 1. The molecule has 0 unspecified atom stereocenters. The minimum Gasteiger partial charge on any atom is -0.394 e. The Morgan fingerprint density at radius 3 is 2.57 bits per heavy atom. The molecule has 14 heavy (non-hydrogen) atoms. The quantitative estimate of drug-likeness (QED) is 0.531. The molecule has 0 amide bonds. The average Bonchev–Trinajstić information content (AvgIpc) is 2.84. The molecule has 4 heteroatoms. The molecule has 4 atom stereocenters. The van der Waals surface area contributed by atoms with Crippen LogP contribution in [0.15, 0.2) is 12.7 Å². The van der Waals surface area contributed by atoms with E-state index in [9.17, 15) is 0 Å². The molecule has 0 aromatic carbocycles. The average molecular weight is 200 g/mol. The molecular weight excluding hydrogens is 184 g/mol. The lowest BCUT2D eigenvalue weighted by Crippen LogP contribution is -2.28. The van der Waals surface area contributed by atoms with Crippen LogP contribution >= 0.6 is 0 Å². The minimum absolute atomic E-state index is 0.0365. The van der Waals surface area contributed by atoms with Gasteiger partial charge in [0.15, 0.2) is 5.79 Å². The van der Waals surface area contributed by atoms with Crippen LogP contribution in [0.1, 0.15) is 13.8 Å². The summed E-state index contributed by atoms with van der Waals surface area (Å²) in [7, 11) is 0. The van der Waals surface area contributed by atoms with Crippen molar-refractivity contribution in [2.75, 3.05) is 6.61 Å². The highest BCUT2D eigenvalue weighted by atomic mass is 16.8. The molecule has 2 aliphatic rings. The molecule has 0 radical (unpaired) electrons. The Bertz CT molecular complexity index is 238. The fourth-order valence-corrected chi connectivity index (χ4v) is 1.85. The van der Waals surface area contributed by atoms with Gasteiger partial charge in [-0.15, -0.1) is 6.58 Å². The molecule has 1 N–H and O–H groups in total. The van der Waals surface area contributed by atoms with Gasteiger partial charge in [-0.05, 0) is 13.8 Å². The SMILES string of the molecule is C=C[C@H]1OC(C)(C)O[C@@H]1[C@H]1O[C@@H]1CO. The summed E-state index contributed by atoms with van der Waals surface area (Å²) < 4.78 is 16.6. The van der Waals surface area contributed by atoms with Crippen LogP contribution in [0.25, 0.3) is 0 Å². The van der Waals surface area contributed by atoms with E-state index in [-0.39, 0.29) is 31.0 Å². The standard InChI is InChI=1S/C10H16O4/c1-4-6-9(8-7(5-11)12-8)14-10(2,3)13-6/h4,6-9,11H,1,5H2,2-3H3/t6-,7-,8+,9+/m1/s1. The van der Waals surface area contributed by atoms with Crippen LogP contribution in [-0.2, 0) is 14.2 Å². The van der Waals surface area contributed by atoms with Gasteiger partial charge in [0.05, 0.1) is 6.61 Å². The molecule has 4 nitrogen and oxygen atoms in total. The van der Waals surface area contributed by atoms with Gasteiger partial charge in [-0.25, -0.2) is 0 Å². The summed E-state index contributed by atoms with van der Waals surface area (Å²) in [5.74, 6) is -0.588. The van der Waals surface area contributed by atoms with Crippen molar-refractivity contribution >= 4 is 0 Å². The summed E-state index contributed by atoms with van der Waals surface area (Å²) >= 11 is 0. The van der Waals surface area contributed by atoms with Crippen LogP contribution in [0.5, 0.6) is 0 Å². The van der Waals surface area contributed by atoms with Crippen LogP contribution in [-0.4, -0.2) is 41.9 Å². The van der Waals surface area contributed by atoms with E-state index in [0.29, 0.717) is 0 Å². The van der Waals surface area contributed by atoms with Crippen molar-refractivity contribution in [1.82, 2.24) is 0 Å². The van der Waals surface area contributed by atoms with Gasteiger partial charge in [0, 0.05) is 0 Å². The highest BCUT2D eigenvalue weighted by Crippen LogP contribution is 2.38. The van der Waals surface area contributed by atoms with Gasteiger partial charge in [0.25, 0.3) is 0 Å². The Hall–Kier alpha value is -0.420. The molecular formula is C10H16O4. The van der Waals surface area contributed by atoms with Gasteiger partial charge in [0.1, 0.15) is 24.4 Å². The zero-order chi connectivity index (χ0) is 10.3. The van der Waals surface area contributed by atoms with Gasteiger partial charge in [0.2, 0.25) is 0 Å². The van der Waals surface area contributed by atoms with Crippen molar-refractivity contribution in [2.24, 2.45) is 0 Å². The van der Waals surface area contributed by atoms with E-state index < -0.39 is 5.79 Å². The summed E-state index contributed by atoms with van der Waals surface area (Å²) in [5, 5.41) is 8.88. The third-order valence-corrected chi connectivity index (χ3v) is 2.52. The maximum absolute atomic E-state index is 8.88. The van der Waals surface area contributed by atoms with Gasteiger partial charge in [-0.3, -0.25) is 0 Å². The fraction of sp³-hybridized carbons (Fsp3) is 0.800. The van der Waals surface area contributed by atoms with E-state index >= 15 is 0 Å². The number of hydrogen-bond donors (Lipinski definition) is 1. The second kappa shape index (κ2) is 3.31. The lowest BCUT2D eigenvalue weighted by atomic mass is 10.1. The van der Waals surface area contributed by atoms with Crippen LogP contribution in [0, 0.1) is 0 Å². The van der Waals surface area contributed by atoms with E-state index in [1.807, 2.05) is 13.8 Å². The summed E-state index contributed by atoms with van der Waals surface area (Å²) in [6.07, 6.45) is 1.28. The maximum atomic E-state index is 8.88. The van der Waals surface area contributed by atoms with Crippen molar-refractivity contribution in [3.05, 3.63) is 12.7 Å². The zero-order valence-electron chi connectivity index (χ0n) is 8.47. The molecule has 0 aliphatic carbocycles. The molecule has 0 spiro atoms. The topological polar surface area (TPSA) is 51.2 Å². The first-order valence-corrected chi connectivity index (χ1v) is 4.82. The van der Waals surface area contributed by atoms with Gasteiger partial charge < -0.3 is 19.3 Å². The Kier molecular flexibility index (Phi) is 2.39. The van der Waals surface area contributed by atoms with E-state index in [4.69, 9.17) is 19.3 Å². The highest BCUT2D eigenvalue weighted by molar-refractivity contribution is 5.03. The monoisotopic (exact) mass is 200 g/mol. The van der Waals surface area contributed by atoms with Crippen molar-refractivity contribution < 1.29 is 19.3 Å². The van der Waals surface area contributed by atoms with E-state index in [1.54, 1.807) is 6.08 Å². The summed E-state index contributed by atoms with van der Waals surface area (Å²) in [6.45, 7) is 7.45. The summed E-state index contributed by atoms with van der Waals surface area (Å²) in [5.41, 5.74) is 0. The van der Waals surface area contributed by atoms with Crippen molar-refractivity contribution in [3.8, 4) is 0 Å². The minimum atomic E-state index is -0.588. The fourth-order valence-electron chi connectivity index (χ4n) is 1.85. The van der Waals surface area contributed by atoms with Gasteiger partial charge in [-0.1, -0.05) is 6.08 Å². The predicted octanol–water partition coefficient (Wildman–Crippen LogP) is 0.452. The van der Waals surface area contributed by atoms with E-state index in [1.165, 1.54) is 0 Å². The maximum Gasteiger partial charge on any atom is 0.164 e. The highest BCUT2D eigenvalue weighted by Gasteiger charge is 2.54. The second-order valence-corrected chi connectivity index (χ2v) is 4.12.